The monoisotopic (exact) mass is 481 g/mol. The summed E-state index contributed by atoms with van der Waals surface area (Å²) in [6.45, 7) is 6.36. The molecule has 0 aliphatic rings. The second-order valence-corrected chi connectivity index (χ2v) is 5.86. The summed E-state index contributed by atoms with van der Waals surface area (Å²) < 4.78 is 10.9. The fourth-order valence-electron chi connectivity index (χ4n) is 2.69. The largest absolute Gasteiger partial charge is 0.493 e. The van der Waals surface area contributed by atoms with Gasteiger partial charge in [0.05, 0.1) is 20.8 Å². The van der Waals surface area contributed by atoms with Crippen molar-refractivity contribution in [1.29, 1.82) is 0 Å². The van der Waals surface area contributed by atoms with Gasteiger partial charge in [-0.1, -0.05) is 25.1 Å². The maximum Gasteiger partial charge on any atom is 0.193 e. The summed E-state index contributed by atoms with van der Waals surface area (Å²) in [5, 5.41) is 3.11. The van der Waals surface area contributed by atoms with Crippen LogP contribution >= 0.6 is 24.0 Å². The van der Waals surface area contributed by atoms with Gasteiger partial charge in [-0.2, -0.15) is 0 Å². The molecule has 0 fully saturated rings. The minimum Gasteiger partial charge on any atom is -0.493 e. The van der Waals surface area contributed by atoms with Gasteiger partial charge < -0.3 is 20.5 Å². The molecule has 0 saturated carbocycles. The Morgan fingerprint density at radius 2 is 1.85 bits per heavy atom. The first-order valence-electron chi connectivity index (χ1n) is 8.61. The summed E-state index contributed by atoms with van der Waals surface area (Å²) in [5.41, 5.74) is 10.2. The number of nitrogens with two attached hydrogens (primary N) is 1. The van der Waals surface area contributed by atoms with E-state index in [1.807, 2.05) is 30.3 Å². The smallest absolute Gasteiger partial charge is 0.193 e. The highest BCUT2D eigenvalue weighted by molar-refractivity contribution is 14.0. The lowest BCUT2D eigenvalue weighted by Crippen LogP contribution is -2.22. The molecular formula is C21H28IN3O2. The molecule has 0 spiro atoms. The van der Waals surface area contributed by atoms with Crippen molar-refractivity contribution in [1.82, 2.24) is 0 Å². The zero-order valence-electron chi connectivity index (χ0n) is 16.1. The third kappa shape index (κ3) is 6.46. The van der Waals surface area contributed by atoms with Crippen LogP contribution in [0.5, 0.6) is 11.5 Å². The fourth-order valence-corrected chi connectivity index (χ4v) is 2.69. The standard InChI is InChI=1S/C21H27N3O2.HI/c1-5-7-17-12-16(13-19(25-3)20(17)26-4)14-23-21(22)24-18-10-8-15(6-2)9-11-18;/h5,8-13H,1,6-7,14H2,2-4H3,(H3,22,23,24);1H. The Hall–Kier alpha value is -2.22. The van der Waals surface area contributed by atoms with Crippen LogP contribution in [0.25, 0.3) is 0 Å². The lowest BCUT2D eigenvalue weighted by atomic mass is 10.1. The topological polar surface area (TPSA) is 68.9 Å². The maximum atomic E-state index is 6.01. The first-order valence-corrected chi connectivity index (χ1v) is 8.61. The van der Waals surface area contributed by atoms with Crippen molar-refractivity contribution in [2.45, 2.75) is 26.3 Å². The Kier molecular flexibility index (Phi) is 9.71. The molecule has 6 heteroatoms. The van der Waals surface area contributed by atoms with Gasteiger partial charge in [-0.05, 0) is 48.2 Å². The number of allylic oxidation sites excluding steroid dienone is 1. The lowest BCUT2D eigenvalue weighted by molar-refractivity contribution is 0.352. The predicted octanol–water partition coefficient (Wildman–Crippen LogP) is 4.54. The molecular weight excluding hydrogens is 453 g/mol. The van der Waals surface area contributed by atoms with Crippen LogP contribution < -0.4 is 20.5 Å². The summed E-state index contributed by atoms with van der Waals surface area (Å²) in [5.74, 6) is 1.77. The summed E-state index contributed by atoms with van der Waals surface area (Å²) in [4.78, 5) is 4.43. The number of aliphatic imine (C=N–C) groups is 1. The number of hydrogen-bond donors (Lipinski definition) is 2. The van der Waals surface area contributed by atoms with Gasteiger partial charge >= 0.3 is 0 Å². The predicted molar refractivity (Wildman–Crippen MR) is 124 cm³/mol. The molecule has 2 rings (SSSR count). The van der Waals surface area contributed by atoms with Crippen LogP contribution in [0.3, 0.4) is 0 Å². The number of rotatable bonds is 8. The summed E-state index contributed by atoms with van der Waals surface area (Å²) in [7, 11) is 3.26. The van der Waals surface area contributed by atoms with Crippen molar-refractivity contribution in [3.8, 4) is 11.5 Å². The highest BCUT2D eigenvalue weighted by Crippen LogP contribution is 2.33. The molecule has 0 aliphatic carbocycles. The molecule has 0 radical (unpaired) electrons. The highest BCUT2D eigenvalue weighted by atomic mass is 127. The van der Waals surface area contributed by atoms with E-state index in [9.17, 15) is 0 Å². The molecule has 0 aromatic heterocycles. The molecule has 146 valence electrons. The van der Waals surface area contributed by atoms with Gasteiger partial charge in [-0.25, -0.2) is 4.99 Å². The van der Waals surface area contributed by atoms with Gasteiger partial charge in [0.25, 0.3) is 0 Å². The van der Waals surface area contributed by atoms with E-state index in [1.165, 1.54) is 5.56 Å². The molecule has 5 nitrogen and oxygen atoms in total. The van der Waals surface area contributed by atoms with Gasteiger partial charge in [0.1, 0.15) is 0 Å². The molecule has 2 aromatic rings. The van der Waals surface area contributed by atoms with E-state index in [4.69, 9.17) is 15.2 Å². The molecule has 3 N–H and O–H groups in total. The quantitative estimate of drug-likeness (QED) is 0.252. The van der Waals surface area contributed by atoms with Crippen LogP contribution in [0.1, 0.15) is 23.6 Å². The van der Waals surface area contributed by atoms with E-state index in [-0.39, 0.29) is 24.0 Å². The van der Waals surface area contributed by atoms with Crippen molar-refractivity contribution in [3.63, 3.8) is 0 Å². The third-order valence-electron chi connectivity index (χ3n) is 4.05. The van der Waals surface area contributed by atoms with E-state index in [1.54, 1.807) is 14.2 Å². The molecule has 27 heavy (non-hydrogen) atoms. The second-order valence-electron chi connectivity index (χ2n) is 5.86. The van der Waals surface area contributed by atoms with Crippen LogP contribution in [0.4, 0.5) is 5.69 Å². The molecule has 2 aromatic carbocycles. The first kappa shape index (κ1) is 22.8. The van der Waals surface area contributed by atoms with E-state index < -0.39 is 0 Å². The van der Waals surface area contributed by atoms with E-state index in [2.05, 4.69) is 35.9 Å². The Morgan fingerprint density at radius 3 is 2.41 bits per heavy atom. The second kappa shape index (κ2) is 11.5. The molecule has 0 saturated heterocycles. The Morgan fingerprint density at radius 1 is 1.15 bits per heavy atom. The van der Waals surface area contributed by atoms with Crippen LogP contribution in [0.2, 0.25) is 0 Å². The number of guanidine groups is 1. The number of aryl methyl sites for hydroxylation is 1. The summed E-state index contributed by atoms with van der Waals surface area (Å²) >= 11 is 0. The Labute approximate surface area is 178 Å². The van der Waals surface area contributed by atoms with Crippen LogP contribution in [-0.2, 0) is 19.4 Å². The number of hydrogen-bond acceptors (Lipinski definition) is 3. The third-order valence-corrected chi connectivity index (χ3v) is 4.05. The molecule has 0 unspecified atom stereocenters. The van der Waals surface area contributed by atoms with E-state index >= 15 is 0 Å². The maximum absolute atomic E-state index is 6.01. The fraction of sp³-hybridized carbons (Fsp3) is 0.286. The van der Waals surface area contributed by atoms with Gasteiger partial charge in [-0.15, -0.1) is 30.6 Å². The SMILES string of the molecule is C=CCc1cc(CN=C(N)Nc2ccc(CC)cc2)cc(OC)c1OC.I. The number of methoxy groups -OCH3 is 2. The molecule has 0 amide bonds. The van der Waals surface area contributed by atoms with Crippen LogP contribution in [0, 0.1) is 0 Å². The number of nitrogens with zero attached hydrogens (tertiary/aromatic N) is 1. The van der Waals surface area contributed by atoms with Crippen LogP contribution in [0.15, 0.2) is 54.0 Å². The van der Waals surface area contributed by atoms with E-state index in [0.717, 1.165) is 29.0 Å². The Balaban J connectivity index is 0.00000364. The molecule has 0 atom stereocenters. The van der Waals surface area contributed by atoms with Crippen LogP contribution in [-0.4, -0.2) is 20.2 Å². The van der Waals surface area contributed by atoms with Crippen molar-refractivity contribution in [3.05, 3.63) is 65.7 Å². The number of halogens is 1. The average molecular weight is 481 g/mol. The number of anilines is 1. The molecule has 0 heterocycles. The molecule has 0 aliphatic heterocycles. The number of ether oxygens (including phenoxy) is 2. The van der Waals surface area contributed by atoms with Gasteiger partial charge in [-0.3, -0.25) is 0 Å². The number of benzene rings is 2. The zero-order valence-corrected chi connectivity index (χ0v) is 18.4. The summed E-state index contributed by atoms with van der Waals surface area (Å²) in [6, 6.07) is 12.1. The first-order chi connectivity index (χ1) is 12.6. The van der Waals surface area contributed by atoms with E-state index in [0.29, 0.717) is 24.7 Å². The normalized spacial score (nSPS) is 10.7. The summed E-state index contributed by atoms with van der Waals surface area (Å²) in [6.07, 6.45) is 3.53. The number of nitrogens with one attached hydrogen (secondary N) is 1. The van der Waals surface area contributed by atoms with Crippen molar-refractivity contribution in [2.24, 2.45) is 10.7 Å². The minimum absolute atomic E-state index is 0. The average Bonchev–Trinajstić information content (AvgIpc) is 2.66. The lowest BCUT2D eigenvalue weighted by Gasteiger charge is -2.14. The van der Waals surface area contributed by atoms with Gasteiger partial charge in [0.2, 0.25) is 0 Å². The molecule has 0 bridgehead atoms. The van der Waals surface area contributed by atoms with Crippen molar-refractivity contribution < 1.29 is 9.47 Å². The van der Waals surface area contributed by atoms with Gasteiger partial charge in [0, 0.05) is 11.3 Å². The zero-order chi connectivity index (χ0) is 18.9. The van der Waals surface area contributed by atoms with Gasteiger partial charge in [0.15, 0.2) is 17.5 Å². The van der Waals surface area contributed by atoms with Crippen molar-refractivity contribution >= 4 is 35.6 Å². The Bertz CT molecular complexity index is 774. The minimum atomic E-state index is 0. The highest BCUT2D eigenvalue weighted by Gasteiger charge is 2.11. The van der Waals surface area contributed by atoms with Crippen molar-refractivity contribution in [2.75, 3.05) is 19.5 Å².